The van der Waals surface area contributed by atoms with Gasteiger partial charge in [-0.3, -0.25) is 4.79 Å². The van der Waals surface area contributed by atoms with Gasteiger partial charge < -0.3 is 9.84 Å². The fourth-order valence-electron chi connectivity index (χ4n) is 1.71. The van der Waals surface area contributed by atoms with Crippen molar-refractivity contribution in [1.82, 2.24) is 0 Å². The normalized spacial score (nSPS) is 11.9. The van der Waals surface area contributed by atoms with Gasteiger partial charge in [0.1, 0.15) is 5.75 Å². The summed E-state index contributed by atoms with van der Waals surface area (Å²) in [7, 11) is 0. The van der Waals surface area contributed by atoms with Crippen LogP contribution in [-0.4, -0.2) is 10.9 Å². The Morgan fingerprint density at radius 1 is 1.57 bits per heavy atom. The Balaban J connectivity index is 2.56. The summed E-state index contributed by atoms with van der Waals surface area (Å²) in [5.41, 5.74) is 1.28. The summed E-state index contributed by atoms with van der Waals surface area (Å²) >= 11 is 0. The highest BCUT2D eigenvalue weighted by Crippen LogP contribution is 2.52. The van der Waals surface area contributed by atoms with Crippen molar-refractivity contribution >= 4 is 5.78 Å². The number of ether oxygens (including phenoxy) is 1. The number of carbonyl (C=O) groups is 1. The highest BCUT2D eigenvalue weighted by atomic mass is 16.6. The molecule has 1 aromatic carbocycles. The van der Waals surface area contributed by atoms with E-state index in [4.69, 9.17) is 4.74 Å². The quantitative estimate of drug-likeness (QED) is 0.600. The molecule has 0 spiro atoms. The molecule has 0 saturated carbocycles. The molecule has 0 aliphatic carbocycles. The molecule has 3 heteroatoms. The number of benzene rings is 1. The Kier molecular flexibility index (Phi) is 1.95. The molecule has 0 atom stereocenters. The Morgan fingerprint density at radius 3 is 2.86 bits per heavy atom. The van der Waals surface area contributed by atoms with Gasteiger partial charge in [-0.15, -0.1) is 0 Å². The average molecular weight is 192 g/mol. The Hall–Kier alpha value is -1.51. The van der Waals surface area contributed by atoms with Gasteiger partial charge in [-0.05, 0) is 13.3 Å². The zero-order valence-corrected chi connectivity index (χ0v) is 8.26. The van der Waals surface area contributed by atoms with E-state index in [1.165, 1.54) is 6.92 Å². The molecule has 0 aromatic heterocycles. The van der Waals surface area contributed by atoms with Gasteiger partial charge in [0, 0.05) is 11.6 Å². The largest absolute Gasteiger partial charge is 0.508 e. The fraction of sp³-hybridized carbons (Fsp3) is 0.364. The first-order chi connectivity index (χ1) is 6.65. The molecule has 0 unspecified atom stereocenters. The van der Waals surface area contributed by atoms with Crippen molar-refractivity contribution in [2.24, 2.45) is 0 Å². The molecule has 0 fully saturated rings. The monoisotopic (exact) mass is 192 g/mol. The van der Waals surface area contributed by atoms with E-state index in [1.54, 1.807) is 6.07 Å². The lowest BCUT2D eigenvalue weighted by molar-refractivity contribution is 0.101. The van der Waals surface area contributed by atoms with Crippen molar-refractivity contribution in [2.45, 2.75) is 26.7 Å². The summed E-state index contributed by atoms with van der Waals surface area (Å²) in [6.45, 7) is 3.51. The summed E-state index contributed by atoms with van der Waals surface area (Å²) in [6.07, 6.45) is 1.60. The third-order valence-electron chi connectivity index (χ3n) is 2.35. The molecule has 3 nitrogen and oxygen atoms in total. The second-order valence-electron chi connectivity index (χ2n) is 3.48. The van der Waals surface area contributed by atoms with Gasteiger partial charge in [-0.1, -0.05) is 13.3 Å². The molecular weight excluding hydrogens is 180 g/mol. The van der Waals surface area contributed by atoms with Gasteiger partial charge >= 0.3 is 0 Å². The van der Waals surface area contributed by atoms with E-state index >= 15 is 0 Å². The number of aromatic hydroxyl groups is 1. The number of carbonyl (C=O) groups excluding carboxylic acids is 1. The summed E-state index contributed by atoms with van der Waals surface area (Å²) in [4.78, 5) is 11.4. The van der Waals surface area contributed by atoms with Crippen molar-refractivity contribution in [3.8, 4) is 17.2 Å². The maximum atomic E-state index is 11.4. The van der Waals surface area contributed by atoms with Crippen molar-refractivity contribution in [1.29, 1.82) is 0 Å². The van der Waals surface area contributed by atoms with Crippen LogP contribution in [0.25, 0.3) is 0 Å². The Labute approximate surface area is 82.3 Å². The van der Waals surface area contributed by atoms with Gasteiger partial charge in [-0.25, -0.2) is 0 Å². The summed E-state index contributed by atoms with van der Waals surface area (Å²) in [6, 6.07) is 1.58. The van der Waals surface area contributed by atoms with E-state index in [2.05, 4.69) is 0 Å². The predicted molar refractivity (Wildman–Crippen MR) is 52.2 cm³/mol. The molecular formula is C11H12O3. The van der Waals surface area contributed by atoms with E-state index in [0.29, 0.717) is 23.5 Å². The zero-order valence-electron chi connectivity index (χ0n) is 8.26. The number of phenols is 1. The molecule has 0 radical (unpaired) electrons. The maximum absolute atomic E-state index is 11.4. The fourth-order valence-corrected chi connectivity index (χ4v) is 1.71. The van der Waals surface area contributed by atoms with Gasteiger partial charge in [0.15, 0.2) is 17.3 Å². The van der Waals surface area contributed by atoms with E-state index in [9.17, 15) is 9.90 Å². The maximum Gasteiger partial charge on any atom is 0.181 e. The molecule has 1 aliphatic rings. The first-order valence-electron chi connectivity index (χ1n) is 4.72. The third kappa shape index (κ3) is 1.25. The SMILES string of the molecule is CCCc1c(O)cc2c(c1C(C)=O)O2. The first kappa shape index (κ1) is 9.06. The molecule has 0 bridgehead atoms. The van der Waals surface area contributed by atoms with Crippen molar-refractivity contribution < 1.29 is 14.6 Å². The molecule has 1 aromatic rings. The molecule has 0 amide bonds. The predicted octanol–water partition coefficient (Wildman–Crippen LogP) is 2.65. The molecule has 0 saturated heterocycles. The minimum Gasteiger partial charge on any atom is -0.508 e. The van der Waals surface area contributed by atoms with Crippen LogP contribution < -0.4 is 4.74 Å². The van der Waals surface area contributed by atoms with Gasteiger partial charge in [0.2, 0.25) is 0 Å². The Morgan fingerprint density at radius 2 is 2.29 bits per heavy atom. The number of fused-ring (bicyclic) bond motifs is 1. The number of rotatable bonds is 3. The number of hydrogen-bond acceptors (Lipinski definition) is 3. The summed E-state index contributed by atoms with van der Waals surface area (Å²) < 4.78 is 5.12. The van der Waals surface area contributed by atoms with Crippen molar-refractivity contribution in [3.05, 3.63) is 17.2 Å². The average Bonchev–Trinajstić information content (AvgIpc) is 2.83. The van der Waals surface area contributed by atoms with Crippen LogP contribution in [0.15, 0.2) is 6.07 Å². The lowest BCUT2D eigenvalue weighted by atomic mass is 9.99. The van der Waals surface area contributed by atoms with Crippen LogP contribution in [0, 0.1) is 0 Å². The number of ketones is 1. The third-order valence-corrected chi connectivity index (χ3v) is 2.35. The standard InChI is InChI=1S/C11H12O3/c1-3-4-7-8(13)5-9-11(14-9)10(7)6(2)12/h5,13H,3-4H2,1-2H3. The molecule has 2 rings (SSSR count). The van der Waals surface area contributed by atoms with Crippen LogP contribution in [0.5, 0.6) is 17.2 Å². The van der Waals surface area contributed by atoms with Crippen LogP contribution >= 0.6 is 0 Å². The summed E-state index contributed by atoms with van der Waals surface area (Å²) in [5.74, 6) is 1.41. The second kappa shape index (κ2) is 3.01. The van der Waals surface area contributed by atoms with E-state index in [0.717, 1.165) is 12.0 Å². The van der Waals surface area contributed by atoms with Crippen molar-refractivity contribution in [3.63, 3.8) is 0 Å². The topological polar surface area (TPSA) is 49.8 Å². The van der Waals surface area contributed by atoms with Crippen LogP contribution in [0.2, 0.25) is 0 Å². The molecule has 1 heterocycles. The Bertz CT molecular complexity index is 407. The molecule has 1 aliphatic heterocycles. The van der Waals surface area contributed by atoms with E-state index < -0.39 is 0 Å². The molecule has 1 N–H and O–H groups in total. The zero-order chi connectivity index (χ0) is 10.3. The van der Waals surface area contributed by atoms with Crippen LogP contribution in [0.1, 0.15) is 36.2 Å². The molecule has 14 heavy (non-hydrogen) atoms. The molecule has 74 valence electrons. The minimum absolute atomic E-state index is 0.0434. The van der Waals surface area contributed by atoms with Crippen LogP contribution in [-0.2, 0) is 6.42 Å². The smallest absolute Gasteiger partial charge is 0.181 e. The minimum atomic E-state index is -0.0434. The van der Waals surface area contributed by atoms with Gasteiger partial charge in [0.05, 0.1) is 5.56 Å². The van der Waals surface area contributed by atoms with Crippen LogP contribution in [0.4, 0.5) is 0 Å². The number of phenolic OH excluding ortho intramolecular Hbond substituents is 1. The second-order valence-corrected chi connectivity index (χ2v) is 3.48. The highest BCUT2D eigenvalue weighted by molar-refractivity contribution is 6.01. The lowest BCUT2D eigenvalue weighted by Gasteiger charge is -2.04. The highest BCUT2D eigenvalue weighted by Gasteiger charge is 2.31. The number of hydrogen-bond donors (Lipinski definition) is 1. The van der Waals surface area contributed by atoms with Crippen molar-refractivity contribution in [2.75, 3.05) is 0 Å². The van der Waals surface area contributed by atoms with E-state index in [-0.39, 0.29) is 11.5 Å². The van der Waals surface area contributed by atoms with Gasteiger partial charge in [-0.2, -0.15) is 0 Å². The lowest BCUT2D eigenvalue weighted by Crippen LogP contribution is -1.97. The van der Waals surface area contributed by atoms with E-state index in [1.807, 2.05) is 6.92 Å². The summed E-state index contributed by atoms with van der Waals surface area (Å²) in [5, 5.41) is 9.65. The number of Topliss-reactive ketones (excluding diaryl/α,β-unsaturated/α-hetero) is 1. The van der Waals surface area contributed by atoms with Gasteiger partial charge in [0.25, 0.3) is 0 Å². The van der Waals surface area contributed by atoms with Crippen LogP contribution in [0.3, 0.4) is 0 Å². The first-order valence-corrected chi connectivity index (χ1v) is 4.72.